The minimum absolute atomic E-state index is 0.00486. The van der Waals surface area contributed by atoms with Crippen LogP contribution in [0.3, 0.4) is 0 Å². The number of benzene rings is 1. The van der Waals surface area contributed by atoms with Gasteiger partial charge in [0.15, 0.2) is 0 Å². The van der Waals surface area contributed by atoms with Gasteiger partial charge in [0.05, 0.1) is 32.2 Å². The molecule has 0 unspecified atom stereocenters. The highest BCUT2D eigenvalue weighted by Gasteiger charge is 2.34. The fraction of sp³-hybridized carbons (Fsp3) is 0.556. The van der Waals surface area contributed by atoms with Crippen molar-refractivity contribution in [2.75, 3.05) is 33.3 Å². The molecule has 1 aromatic rings. The average Bonchev–Trinajstić information content (AvgIpc) is 2.96. The van der Waals surface area contributed by atoms with E-state index in [2.05, 4.69) is 6.07 Å². The third kappa shape index (κ3) is 4.47. The summed E-state index contributed by atoms with van der Waals surface area (Å²) in [4.78, 5) is 16.2. The lowest BCUT2D eigenvalue weighted by Gasteiger charge is -2.27. The quantitative estimate of drug-likeness (QED) is 0.820. The number of rotatable bonds is 7. The Hall–Kier alpha value is -2.10. The molecule has 1 aliphatic heterocycles. The summed E-state index contributed by atoms with van der Waals surface area (Å²) >= 11 is 0. The van der Waals surface area contributed by atoms with Gasteiger partial charge in [0, 0.05) is 25.7 Å². The monoisotopic (exact) mass is 331 g/mol. The van der Waals surface area contributed by atoms with Crippen molar-refractivity contribution in [2.45, 2.75) is 31.9 Å². The van der Waals surface area contributed by atoms with Crippen molar-refractivity contribution in [3.05, 3.63) is 29.8 Å². The number of hydrogen-bond acceptors (Lipinski definition) is 5. The first-order valence-corrected chi connectivity index (χ1v) is 8.29. The van der Waals surface area contributed by atoms with Gasteiger partial charge in [-0.1, -0.05) is 12.1 Å². The van der Waals surface area contributed by atoms with Gasteiger partial charge in [0.2, 0.25) is 5.91 Å². The van der Waals surface area contributed by atoms with Crippen LogP contribution in [0.15, 0.2) is 24.3 Å². The Labute approximate surface area is 143 Å². The van der Waals surface area contributed by atoms with E-state index in [0.717, 1.165) is 11.3 Å². The Morgan fingerprint density at radius 3 is 3.00 bits per heavy atom. The number of methoxy groups -OCH3 is 1. The van der Waals surface area contributed by atoms with Gasteiger partial charge in [-0.2, -0.15) is 5.26 Å². The lowest BCUT2D eigenvalue weighted by molar-refractivity contribution is -0.132. The van der Waals surface area contributed by atoms with Crippen LogP contribution in [0.5, 0.6) is 5.75 Å². The second kappa shape index (κ2) is 8.67. The van der Waals surface area contributed by atoms with Crippen LogP contribution < -0.4 is 4.74 Å². The molecule has 2 rings (SSSR count). The first-order valence-electron chi connectivity index (χ1n) is 8.29. The maximum absolute atomic E-state index is 12.5. The molecule has 1 fully saturated rings. The Morgan fingerprint density at radius 1 is 1.54 bits per heavy atom. The van der Waals surface area contributed by atoms with Crippen LogP contribution in [0.4, 0.5) is 0 Å². The maximum Gasteiger partial charge on any atom is 0.236 e. The van der Waals surface area contributed by atoms with Gasteiger partial charge in [-0.15, -0.1) is 0 Å². The molecule has 6 nitrogen and oxygen atoms in total. The molecular formula is C18H25N3O3. The molecular weight excluding hydrogens is 306 g/mol. The van der Waals surface area contributed by atoms with Crippen LogP contribution in [-0.2, 0) is 4.79 Å². The third-order valence-electron chi connectivity index (χ3n) is 4.43. The highest BCUT2D eigenvalue weighted by molar-refractivity contribution is 5.78. The van der Waals surface area contributed by atoms with Gasteiger partial charge in [-0.05, 0) is 31.0 Å². The highest BCUT2D eigenvalue weighted by atomic mass is 16.5. The number of carbonyl (C=O) groups excluding carboxylic acids is 1. The lowest BCUT2D eigenvalue weighted by atomic mass is 10.0. The van der Waals surface area contributed by atoms with Crippen LogP contribution in [0, 0.1) is 11.3 Å². The first kappa shape index (κ1) is 18.2. The van der Waals surface area contributed by atoms with Crippen molar-refractivity contribution in [3.8, 4) is 11.8 Å². The Balaban J connectivity index is 2.09. The summed E-state index contributed by atoms with van der Waals surface area (Å²) in [6.07, 6.45) is 0.495. The number of carbonyl (C=O) groups is 1. The molecule has 130 valence electrons. The van der Waals surface area contributed by atoms with Gasteiger partial charge < -0.3 is 14.7 Å². The average molecular weight is 331 g/mol. The Morgan fingerprint density at radius 2 is 2.33 bits per heavy atom. The van der Waals surface area contributed by atoms with E-state index in [1.807, 2.05) is 36.1 Å². The topological polar surface area (TPSA) is 76.8 Å². The molecule has 0 bridgehead atoms. The second-order valence-electron chi connectivity index (χ2n) is 5.99. The number of likely N-dealkylation sites (N-methyl/N-ethyl adjacent to an activating group) is 1. The molecule has 1 aromatic carbocycles. The first-order chi connectivity index (χ1) is 11.6. The summed E-state index contributed by atoms with van der Waals surface area (Å²) in [7, 11) is 1.62. The van der Waals surface area contributed by atoms with Crippen molar-refractivity contribution in [3.63, 3.8) is 0 Å². The zero-order valence-corrected chi connectivity index (χ0v) is 14.3. The number of β-amino-alcohol motifs (C(OH)–C–C–N with tert-alkyl or cyclic N) is 1. The van der Waals surface area contributed by atoms with Gasteiger partial charge in [0.25, 0.3) is 0 Å². The minimum Gasteiger partial charge on any atom is -0.497 e. The van der Waals surface area contributed by atoms with E-state index in [9.17, 15) is 9.90 Å². The number of nitrogens with zero attached hydrogens (tertiary/aromatic N) is 3. The molecule has 6 heteroatoms. The summed E-state index contributed by atoms with van der Waals surface area (Å²) in [5, 5.41) is 18.8. The SMILES string of the molecule is CCN(CCC#N)C(=O)CN1C[C@@H](O)C[C@@H]1c1cccc(OC)c1. The number of aliphatic hydroxyl groups is 1. The van der Waals surface area contributed by atoms with Gasteiger partial charge in [-0.25, -0.2) is 0 Å². The number of nitriles is 1. The summed E-state index contributed by atoms with van der Waals surface area (Å²) in [5.41, 5.74) is 1.04. The van der Waals surface area contributed by atoms with Crippen LogP contribution in [-0.4, -0.2) is 60.2 Å². The third-order valence-corrected chi connectivity index (χ3v) is 4.43. The molecule has 0 radical (unpaired) electrons. The van der Waals surface area contributed by atoms with Gasteiger partial charge in [0.1, 0.15) is 5.75 Å². The van der Waals surface area contributed by atoms with E-state index in [0.29, 0.717) is 32.5 Å². The lowest BCUT2D eigenvalue weighted by Crippen LogP contribution is -2.41. The molecule has 1 heterocycles. The number of ether oxygens (including phenoxy) is 1. The summed E-state index contributed by atoms with van der Waals surface area (Å²) in [6, 6.07) is 9.82. The molecule has 1 N–H and O–H groups in total. The fourth-order valence-corrected chi connectivity index (χ4v) is 3.17. The molecule has 0 aliphatic carbocycles. The van der Waals surface area contributed by atoms with E-state index in [1.165, 1.54) is 0 Å². The highest BCUT2D eigenvalue weighted by Crippen LogP contribution is 2.33. The van der Waals surface area contributed by atoms with Crippen molar-refractivity contribution in [2.24, 2.45) is 0 Å². The number of likely N-dealkylation sites (tertiary alicyclic amines) is 1. The van der Waals surface area contributed by atoms with E-state index in [-0.39, 0.29) is 18.5 Å². The number of hydrogen-bond donors (Lipinski definition) is 1. The normalized spacial score (nSPS) is 20.6. The molecule has 24 heavy (non-hydrogen) atoms. The van der Waals surface area contributed by atoms with E-state index in [4.69, 9.17) is 10.00 Å². The summed E-state index contributed by atoms with van der Waals surface area (Å²) in [6.45, 7) is 3.67. The molecule has 0 aromatic heterocycles. The van der Waals surface area contributed by atoms with Gasteiger partial charge in [-0.3, -0.25) is 9.69 Å². The van der Waals surface area contributed by atoms with Crippen molar-refractivity contribution >= 4 is 5.91 Å². The number of aliphatic hydroxyl groups excluding tert-OH is 1. The fourth-order valence-electron chi connectivity index (χ4n) is 3.17. The smallest absolute Gasteiger partial charge is 0.236 e. The van der Waals surface area contributed by atoms with E-state index in [1.54, 1.807) is 12.0 Å². The van der Waals surface area contributed by atoms with Gasteiger partial charge >= 0.3 is 0 Å². The number of amides is 1. The predicted octanol–water partition coefficient (Wildman–Crippen LogP) is 1.57. The standard InChI is InChI=1S/C18H25N3O3/c1-3-20(9-5-8-19)18(23)13-21-12-15(22)11-17(21)14-6-4-7-16(10-14)24-2/h4,6-7,10,15,17,22H,3,5,9,11-13H2,1-2H3/t15-,17+/m0/s1. The Kier molecular flexibility index (Phi) is 6.59. The Bertz CT molecular complexity index is 599. The van der Waals surface area contributed by atoms with Crippen LogP contribution in [0.1, 0.15) is 31.4 Å². The molecule has 1 saturated heterocycles. The maximum atomic E-state index is 12.5. The van der Waals surface area contributed by atoms with Crippen molar-refractivity contribution in [1.82, 2.24) is 9.80 Å². The van der Waals surface area contributed by atoms with E-state index < -0.39 is 6.10 Å². The zero-order chi connectivity index (χ0) is 17.5. The molecule has 2 atom stereocenters. The largest absolute Gasteiger partial charge is 0.497 e. The van der Waals surface area contributed by atoms with Crippen LogP contribution in [0.2, 0.25) is 0 Å². The minimum atomic E-state index is -0.441. The van der Waals surface area contributed by atoms with Crippen molar-refractivity contribution in [1.29, 1.82) is 5.26 Å². The van der Waals surface area contributed by atoms with Crippen molar-refractivity contribution < 1.29 is 14.6 Å². The second-order valence-corrected chi connectivity index (χ2v) is 5.99. The van der Waals surface area contributed by atoms with Crippen LogP contribution in [0.25, 0.3) is 0 Å². The molecule has 1 aliphatic rings. The molecule has 0 saturated carbocycles. The van der Waals surface area contributed by atoms with E-state index >= 15 is 0 Å². The zero-order valence-electron chi connectivity index (χ0n) is 14.3. The summed E-state index contributed by atoms with van der Waals surface area (Å²) in [5.74, 6) is 0.763. The molecule has 0 spiro atoms. The van der Waals surface area contributed by atoms with Crippen LogP contribution >= 0.6 is 0 Å². The predicted molar refractivity (Wildman–Crippen MR) is 90.4 cm³/mol. The summed E-state index contributed by atoms with van der Waals surface area (Å²) < 4.78 is 5.27. The molecule has 1 amide bonds.